The Labute approximate surface area is 160 Å². The first-order valence-electron chi connectivity index (χ1n) is 8.35. The first-order valence-corrected chi connectivity index (χ1v) is 9.54. The molecule has 0 atom stereocenters. The number of halogens is 1. The van der Waals surface area contributed by atoms with Gasteiger partial charge in [0.1, 0.15) is 13.3 Å². The van der Waals surface area contributed by atoms with E-state index >= 15 is 0 Å². The molecule has 0 amide bonds. The van der Waals surface area contributed by atoms with Crippen LogP contribution >= 0.6 is 22.9 Å². The summed E-state index contributed by atoms with van der Waals surface area (Å²) < 4.78 is 2.41. The third-order valence-electron chi connectivity index (χ3n) is 4.58. The van der Waals surface area contributed by atoms with Gasteiger partial charge in [-0.3, -0.25) is 9.36 Å². The number of aromatic nitrogens is 1. The Hall–Kier alpha value is -2.37. The van der Waals surface area contributed by atoms with Gasteiger partial charge in [0.15, 0.2) is 4.80 Å². The fourth-order valence-corrected chi connectivity index (χ4v) is 4.11. The summed E-state index contributed by atoms with van der Waals surface area (Å²) in [4.78, 5) is 20.3. The zero-order chi connectivity index (χ0) is 18.3. The van der Waals surface area contributed by atoms with Crippen LogP contribution in [-0.4, -0.2) is 11.2 Å². The van der Waals surface area contributed by atoms with Gasteiger partial charge in [-0.2, -0.15) is 0 Å². The highest BCUT2D eigenvalue weighted by Gasteiger charge is 2.16. The molecule has 132 valence electrons. The van der Waals surface area contributed by atoms with E-state index in [9.17, 15) is 4.79 Å². The molecule has 0 aliphatic carbocycles. The Balaban J connectivity index is 1.72. The lowest BCUT2D eigenvalue weighted by Crippen LogP contribution is -2.42. The number of hydrogen-bond donors (Lipinski definition) is 0. The van der Waals surface area contributed by atoms with E-state index in [1.807, 2.05) is 30.3 Å². The van der Waals surface area contributed by atoms with E-state index in [0.29, 0.717) is 22.9 Å². The fourth-order valence-electron chi connectivity index (χ4n) is 2.95. The summed E-state index contributed by atoms with van der Waals surface area (Å²) >= 11 is 7.46. The first-order chi connectivity index (χ1) is 12.5. The second kappa shape index (κ2) is 6.74. The summed E-state index contributed by atoms with van der Waals surface area (Å²) in [6.07, 6.45) is 1.88. The van der Waals surface area contributed by atoms with Gasteiger partial charge < -0.3 is 4.90 Å². The van der Waals surface area contributed by atoms with E-state index < -0.39 is 0 Å². The summed E-state index contributed by atoms with van der Waals surface area (Å²) in [5.74, 6) is 0. The molecule has 0 radical (unpaired) electrons. The molecular formula is C20H18ClN3OS. The molecule has 1 aromatic heterocycles. The van der Waals surface area contributed by atoms with Crippen molar-refractivity contribution in [3.63, 3.8) is 0 Å². The molecule has 1 aliphatic rings. The van der Waals surface area contributed by atoms with E-state index in [1.165, 1.54) is 22.5 Å². The lowest BCUT2D eigenvalue weighted by Gasteiger charge is -2.26. The maximum atomic E-state index is 12.8. The standard InChI is InChI=1S/C20H18ClN3OS/c1-13-6-7-17(8-14(13)2)23-11-22-20-24(12-23)19(25)18(26-20)10-15-4-3-5-16(21)9-15/h3-10H,11-12H2,1-2H3/b18-10-. The average Bonchev–Trinajstić information content (AvgIpc) is 2.93. The van der Waals surface area contributed by atoms with Gasteiger partial charge in [0.2, 0.25) is 0 Å². The molecule has 4 rings (SSSR count). The highest BCUT2D eigenvalue weighted by atomic mass is 35.5. The summed E-state index contributed by atoms with van der Waals surface area (Å²) in [7, 11) is 0. The molecular weight excluding hydrogens is 366 g/mol. The van der Waals surface area contributed by atoms with E-state index in [0.717, 1.165) is 16.1 Å². The van der Waals surface area contributed by atoms with E-state index in [4.69, 9.17) is 11.6 Å². The van der Waals surface area contributed by atoms with Crippen molar-refractivity contribution in [2.45, 2.75) is 20.5 Å². The Morgan fingerprint density at radius 1 is 1.15 bits per heavy atom. The lowest BCUT2D eigenvalue weighted by atomic mass is 10.1. The van der Waals surface area contributed by atoms with Crippen LogP contribution < -0.4 is 19.8 Å². The smallest absolute Gasteiger partial charge is 0.271 e. The maximum absolute atomic E-state index is 12.8. The molecule has 0 spiro atoms. The maximum Gasteiger partial charge on any atom is 0.271 e. The van der Waals surface area contributed by atoms with Gasteiger partial charge in [-0.15, -0.1) is 0 Å². The van der Waals surface area contributed by atoms with Crippen molar-refractivity contribution in [2.24, 2.45) is 4.99 Å². The average molecular weight is 384 g/mol. The van der Waals surface area contributed by atoms with Gasteiger partial charge in [0.25, 0.3) is 5.56 Å². The summed E-state index contributed by atoms with van der Waals surface area (Å²) in [5.41, 5.74) is 4.48. The van der Waals surface area contributed by atoms with Crippen molar-refractivity contribution in [2.75, 3.05) is 11.6 Å². The highest BCUT2D eigenvalue weighted by molar-refractivity contribution is 7.07. The Morgan fingerprint density at radius 2 is 2.00 bits per heavy atom. The molecule has 0 saturated carbocycles. The third kappa shape index (κ3) is 3.20. The number of nitrogens with zero attached hydrogens (tertiary/aromatic N) is 3. The lowest BCUT2D eigenvalue weighted by molar-refractivity contribution is 0.569. The number of hydrogen-bond acceptors (Lipinski definition) is 4. The van der Waals surface area contributed by atoms with Crippen LogP contribution in [0.4, 0.5) is 5.69 Å². The normalized spacial score (nSPS) is 14.3. The third-order valence-corrected chi connectivity index (χ3v) is 5.86. The number of fused-ring (bicyclic) bond motifs is 1. The molecule has 0 bridgehead atoms. The zero-order valence-corrected chi connectivity index (χ0v) is 16.1. The minimum atomic E-state index is -0.0118. The quantitative estimate of drug-likeness (QED) is 0.682. The van der Waals surface area contributed by atoms with Crippen LogP contribution in [0.3, 0.4) is 0 Å². The number of thiazole rings is 1. The Kier molecular flexibility index (Phi) is 4.42. The van der Waals surface area contributed by atoms with Crippen molar-refractivity contribution in [1.29, 1.82) is 0 Å². The molecule has 0 fully saturated rings. The minimum Gasteiger partial charge on any atom is -0.334 e. The van der Waals surface area contributed by atoms with Crippen LogP contribution in [0.1, 0.15) is 16.7 Å². The van der Waals surface area contributed by atoms with E-state index in [2.05, 4.69) is 41.9 Å². The van der Waals surface area contributed by atoms with Crippen molar-refractivity contribution in [1.82, 2.24) is 4.57 Å². The second-order valence-electron chi connectivity index (χ2n) is 6.43. The molecule has 2 heterocycles. The predicted octanol–water partition coefficient (Wildman–Crippen LogP) is 3.06. The first kappa shape index (κ1) is 17.1. The number of rotatable bonds is 2. The van der Waals surface area contributed by atoms with Crippen LogP contribution in [0.25, 0.3) is 6.08 Å². The predicted molar refractivity (Wildman–Crippen MR) is 108 cm³/mol. The van der Waals surface area contributed by atoms with Crippen molar-refractivity contribution < 1.29 is 0 Å². The Bertz CT molecular complexity index is 1160. The van der Waals surface area contributed by atoms with Crippen LogP contribution in [0.2, 0.25) is 5.02 Å². The molecule has 4 nitrogen and oxygen atoms in total. The SMILES string of the molecule is Cc1ccc(N2CN=c3s/c(=C\c4cccc(Cl)c4)c(=O)n3C2)cc1C. The van der Waals surface area contributed by atoms with Gasteiger partial charge in [-0.05, 0) is 60.9 Å². The number of aryl methyl sites for hydroxylation is 2. The molecule has 0 unspecified atom stereocenters. The second-order valence-corrected chi connectivity index (χ2v) is 7.88. The summed E-state index contributed by atoms with van der Waals surface area (Å²) in [6.45, 7) is 5.26. The monoisotopic (exact) mass is 383 g/mol. The summed E-state index contributed by atoms with van der Waals surface area (Å²) in [5, 5.41) is 0.658. The van der Waals surface area contributed by atoms with Crippen LogP contribution in [0.15, 0.2) is 52.3 Å². The topological polar surface area (TPSA) is 37.6 Å². The highest BCUT2D eigenvalue weighted by Crippen LogP contribution is 2.19. The zero-order valence-electron chi connectivity index (χ0n) is 14.6. The molecule has 26 heavy (non-hydrogen) atoms. The van der Waals surface area contributed by atoms with Gasteiger partial charge in [-0.25, -0.2) is 4.99 Å². The Morgan fingerprint density at radius 3 is 2.77 bits per heavy atom. The van der Waals surface area contributed by atoms with Gasteiger partial charge in [-0.1, -0.05) is 41.1 Å². The molecule has 1 aliphatic heterocycles. The largest absolute Gasteiger partial charge is 0.334 e. The van der Waals surface area contributed by atoms with Crippen molar-refractivity contribution in [3.8, 4) is 0 Å². The van der Waals surface area contributed by atoms with Crippen molar-refractivity contribution in [3.05, 3.63) is 83.9 Å². The molecule has 0 N–H and O–H groups in total. The number of anilines is 1. The molecule has 2 aromatic carbocycles. The van der Waals surface area contributed by atoms with Gasteiger partial charge in [0, 0.05) is 10.7 Å². The fraction of sp³-hybridized carbons (Fsp3) is 0.200. The van der Waals surface area contributed by atoms with Crippen molar-refractivity contribution >= 4 is 34.7 Å². The molecule has 3 aromatic rings. The molecule has 6 heteroatoms. The van der Waals surface area contributed by atoms with Crippen LogP contribution in [0.5, 0.6) is 0 Å². The van der Waals surface area contributed by atoms with E-state index in [1.54, 1.807) is 4.57 Å². The minimum absolute atomic E-state index is 0.0118. The molecule has 0 saturated heterocycles. The van der Waals surface area contributed by atoms with Gasteiger partial charge >= 0.3 is 0 Å². The number of benzene rings is 2. The van der Waals surface area contributed by atoms with E-state index in [-0.39, 0.29) is 5.56 Å². The van der Waals surface area contributed by atoms with Gasteiger partial charge in [0.05, 0.1) is 4.53 Å². The summed E-state index contributed by atoms with van der Waals surface area (Å²) in [6, 6.07) is 13.8. The van der Waals surface area contributed by atoms with Crippen LogP contribution in [-0.2, 0) is 6.67 Å². The van der Waals surface area contributed by atoms with Crippen LogP contribution in [0, 0.1) is 13.8 Å².